The Hall–Kier alpha value is -1.27. The van der Waals surface area contributed by atoms with Gasteiger partial charge in [-0.2, -0.15) is 0 Å². The molecule has 0 bridgehead atoms. The molecule has 0 amide bonds. The summed E-state index contributed by atoms with van der Waals surface area (Å²) in [6.45, 7) is 5.00. The fraction of sp³-hybridized carbons (Fsp3) is 0.455. The van der Waals surface area contributed by atoms with E-state index in [1.54, 1.807) is 12.1 Å². The zero-order chi connectivity index (χ0) is 13.1. The van der Waals surface area contributed by atoms with Gasteiger partial charge in [-0.25, -0.2) is 13.1 Å². The van der Waals surface area contributed by atoms with Crippen molar-refractivity contribution in [2.45, 2.75) is 18.7 Å². The Morgan fingerprint density at radius 3 is 2.47 bits per heavy atom. The van der Waals surface area contributed by atoms with Gasteiger partial charge in [-0.05, 0) is 31.2 Å². The van der Waals surface area contributed by atoms with Gasteiger partial charge in [0.05, 0.1) is 5.69 Å². The molecule has 0 fully saturated rings. The highest BCUT2D eigenvalue weighted by molar-refractivity contribution is 7.89. The summed E-state index contributed by atoms with van der Waals surface area (Å²) in [7, 11) is -2.12. The molecule has 0 saturated heterocycles. The molecular weight excluding hydrogens is 238 g/mol. The molecule has 0 heterocycles. The van der Waals surface area contributed by atoms with Crippen molar-refractivity contribution < 1.29 is 8.42 Å². The van der Waals surface area contributed by atoms with Crippen LogP contribution in [0.5, 0.6) is 0 Å². The first kappa shape index (κ1) is 13.8. The maximum Gasteiger partial charge on any atom is 0.242 e. The Morgan fingerprint density at radius 2 is 2.00 bits per heavy atom. The van der Waals surface area contributed by atoms with Crippen LogP contribution in [0.15, 0.2) is 23.1 Å². The van der Waals surface area contributed by atoms with Crippen LogP contribution in [0.1, 0.15) is 13.8 Å². The summed E-state index contributed by atoms with van der Waals surface area (Å²) in [4.78, 5) is 0.107. The third-order valence-corrected chi connectivity index (χ3v) is 3.77. The van der Waals surface area contributed by atoms with Crippen molar-refractivity contribution in [3.8, 4) is 0 Å². The Balaban J connectivity index is 2.95. The maximum absolute atomic E-state index is 11.6. The maximum atomic E-state index is 11.6. The normalized spacial score (nSPS) is 11.8. The summed E-state index contributed by atoms with van der Waals surface area (Å²) in [5.74, 6) is 0.511. The Bertz CT molecular complexity index is 483. The topological polar surface area (TPSA) is 84.2 Å². The number of nitrogens with one attached hydrogen (secondary N) is 2. The molecule has 1 rings (SSSR count). The van der Waals surface area contributed by atoms with Gasteiger partial charge in [0.1, 0.15) is 4.90 Å². The number of anilines is 2. The lowest BCUT2D eigenvalue weighted by Crippen LogP contribution is -2.20. The molecular formula is C11H19N3O2S. The first-order valence-corrected chi connectivity index (χ1v) is 6.92. The zero-order valence-electron chi connectivity index (χ0n) is 10.3. The summed E-state index contributed by atoms with van der Waals surface area (Å²) in [6, 6.07) is 4.85. The van der Waals surface area contributed by atoms with Crippen LogP contribution in [-0.2, 0) is 10.0 Å². The number of nitrogens with two attached hydrogens (primary N) is 1. The van der Waals surface area contributed by atoms with E-state index in [2.05, 4.69) is 23.9 Å². The van der Waals surface area contributed by atoms with E-state index in [0.717, 1.165) is 12.2 Å². The van der Waals surface area contributed by atoms with E-state index >= 15 is 0 Å². The fourth-order valence-electron chi connectivity index (χ4n) is 1.34. The number of rotatable bonds is 5. The van der Waals surface area contributed by atoms with Gasteiger partial charge in [0.15, 0.2) is 0 Å². The van der Waals surface area contributed by atoms with E-state index in [-0.39, 0.29) is 10.6 Å². The van der Waals surface area contributed by atoms with Crippen LogP contribution in [0.2, 0.25) is 0 Å². The van der Waals surface area contributed by atoms with E-state index in [9.17, 15) is 8.42 Å². The van der Waals surface area contributed by atoms with Crippen molar-refractivity contribution in [1.82, 2.24) is 4.72 Å². The molecule has 4 N–H and O–H groups in total. The molecule has 5 nitrogen and oxygen atoms in total. The Kier molecular flexibility index (Phi) is 4.36. The van der Waals surface area contributed by atoms with Crippen LogP contribution in [0.25, 0.3) is 0 Å². The molecule has 0 aromatic heterocycles. The molecule has 0 unspecified atom stereocenters. The Morgan fingerprint density at radius 1 is 1.35 bits per heavy atom. The van der Waals surface area contributed by atoms with Crippen molar-refractivity contribution in [2.75, 3.05) is 24.6 Å². The summed E-state index contributed by atoms with van der Waals surface area (Å²) < 4.78 is 25.4. The number of benzene rings is 1. The third kappa shape index (κ3) is 3.61. The highest BCUT2D eigenvalue weighted by atomic mass is 32.2. The summed E-state index contributed by atoms with van der Waals surface area (Å²) in [5.41, 5.74) is 6.80. The quantitative estimate of drug-likeness (QED) is 0.693. The number of hydrogen-bond donors (Lipinski definition) is 3. The van der Waals surface area contributed by atoms with Crippen molar-refractivity contribution in [3.05, 3.63) is 18.2 Å². The predicted octanol–water partition coefficient (Wildman–Crippen LogP) is 1.24. The van der Waals surface area contributed by atoms with Gasteiger partial charge < -0.3 is 11.1 Å². The van der Waals surface area contributed by atoms with Gasteiger partial charge in [0, 0.05) is 12.2 Å². The van der Waals surface area contributed by atoms with E-state index in [0.29, 0.717) is 5.92 Å². The highest BCUT2D eigenvalue weighted by Crippen LogP contribution is 2.22. The minimum Gasteiger partial charge on any atom is -0.398 e. The largest absolute Gasteiger partial charge is 0.398 e. The minimum absolute atomic E-state index is 0.107. The lowest BCUT2D eigenvalue weighted by molar-refractivity contribution is 0.588. The predicted molar refractivity (Wildman–Crippen MR) is 70.4 cm³/mol. The van der Waals surface area contributed by atoms with Crippen LogP contribution < -0.4 is 15.8 Å². The summed E-state index contributed by atoms with van der Waals surface area (Å²) in [6.07, 6.45) is 0. The second kappa shape index (κ2) is 5.37. The zero-order valence-corrected chi connectivity index (χ0v) is 11.1. The van der Waals surface area contributed by atoms with E-state index in [1.165, 1.54) is 13.1 Å². The second-order valence-electron chi connectivity index (χ2n) is 4.23. The minimum atomic E-state index is -3.48. The average Bonchev–Trinajstić information content (AvgIpc) is 2.26. The van der Waals surface area contributed by atoms with Crippen molar-refractivity contribution in [2.24, 2.45) is 5.92 Å². The molecule has 17 heavy (non-hydrogen) atoms. The van der Waals surface area contributed by atoms with E-state index in [1.807, 2.05) is 0 Å². The molecule has 1 aromatic carbocycles. The van der Waals surface area contributed by atoms with E-state index in [4.69, 9.17) is 5.73 Å². The van der Waals surface area contributed by atoms with Gasteiger partial charge in [0.25, 0.3) is 0 Å². The first-order chi connectivity index (χ1) is 7.86. The summed E-state index contributed by atoms with van der Waals surface area (Å²) >= 11 is 0. The highest BCUT2D eigenvalue weighted by Gasteiger charge is 2.15. The van der Waals surface area contributed by atoms with Crippen LogP contribution >= 0.6 is 0 Å². The van der Waals surface area contributed by atoms with Crippen LogP contribution in [0.4, 0.5) is 11.4 Å². The number of nitrogen functional groups attached to an aromatic ring is 1. The molecule has 0 aliphatic carbocycles. The SMILES string of the molecule is CNS(=O)(=O)c1ccc(NCC(C)C)cc1N. The van der Waals surface area contributed by atoms with Crippen LogP contribution in [-0.4, -0.2) is 22.0 Å². The van der Waals surface area contributed by atoms with Gasteiger partial charge in [-0.3, -0.25) is 0 Å². The molecule has 0 aliphatic rings. The van der Waals surface area contributed by atoms with Crippen LogP contribution in [0.3, 0.4) is 0 Å². The lowest BCUT2D eigenvalue weighted by Gasteiger charge is -2.11. The van der Waals surface area contributed by atoms with Crippen molar-refractivity contribution in [3.63, 3.8) is 0 Å². The smallest absolute Gasteiger partial charge is 0.242 e. The van der Waals surface area contributed by atoms with Crippen molar-refractivity contribution >= 4 is 21.4 Å². The monoisotopic (exact) mass is 257 g/mol. The molecule has 1 aromatic rings. The summed E-state index contributed by atoms with van der Waals surface area (Å²) in [5, 5.41) is 3.19. The van der Waals surface area contributed by atoms with Gasteiger partial charge in [-0.15, -0.1) is 0 Å². The second-order valence-corrected chi connectivity index (χ2v) is 6.09. The number of hydrogen-bond acceptors (Lipinski definition) is 4. The third-order valence-electron chi connectivity index (χ3n) is 2.28. The van der Waals surface area contributed by atoms with Gasteiger partial charge >= 0.3 is 0 Å². The fourth-order valence-corrected chi connectivity index (χ4v) is 2.17. The molecule has 0 atom stereocenters. The standard InChI is InChI=1S/C11H19N3O2S/c1-8(2)7-14-9-4-5-11(10(12)6-9)17(15,16)13-3/h4-6,8,13-14H,7,12H2,1-3H3. The van der Waals surface area contributed by atoms with E-state index < -0.39 is 10.0 Å². The molecule has 0 aliphatic heterocycles. The molecule has 0 saturated carbocycles. The van der Waals surface area contributed by atoms with Gasteiger partial charge in [0.2, 0.25) is 10.0 Å². The van der Waals surface area contributed by atoms with Crippen LogP contribution in [0, 0.1) is 5.92 Å². The first-order valence-electron chi connectivity index (χ1n) is 5.43. The Labute approximate surface area is 102 Å². The van der Waals surface area contributed by atoms with Crippen molar-refractivity contribution in [1.29, 1.82) is 0 Å². The number of sulfonamides is 1. The average molecular weight is 257 g/mol. The lowest BCUT2D eigenvalue weighted by atomic mass is 10.2. The molecule has 6 heteroatoms. The van der Waals surface area contributed by atoms with Gasteiger partial charge in [-0.1, -0.05) is 13.8 Å². The molecule has 0 spiro atoms. The molecule has 96 valence electrons. The molecule has 0 radical (unpaired) electrons.